The van der Waals surface area contributed by atoms with Gasteiger partial charge in [0.05, 0.1) is 10.7 Å². The minimum absolute atomic E-state index is 0.208. The van der Waals surface area contributed by atoms with Gasteiger partial charge in [0, 0.05) is 10.9 Å². The van der Waals surface area contributed by atoms with Crippen molar-refractivity contribution in [1.82, 2.24) is 4.98 Å². The fraction of sp³-hybridized carbons (Fsp3) is 0.182. The highest BCUT2D eigenvalue weighted by Crippen LogP contribution is 2.24. The van der Waals surface area contributed by atoms with E-state index in [-0.39, 0.29) is 5.82 Å². The van der Waals surface area contributed by atoms with Gasteiger partial charge in [0.1, 0.15) is 5.82 Å². The van der Waals surface area contributed by atoms with E-state index in [0.717, 1.165) is 17.1 Å². The maximum atomic E-state index is 13.4. The lowest BCUT2D eigenvalue weighted by Crippen LogP contribution is -1.84. The number of benzene rings is 1. The molecule has 0 N–H and O–H groups in total. The molecule has 0 spiro atoms. The summed E-state index contributed by atoms with van der Waals surface area (Å²) in [7, 11) is 0. The van der Waals surface area contributed by atoms with Gasteiger partial charge in [-0.25, -0.2) is 9.37 Å². The normalized spacial score (nSPS) is 10.4. The zero-order valence-corrected chi connectivity index (χ0v) is 8.64. The third-order valence-corrected chi connectivity index (χ3v) is 3.00. The highest BCUT2D eigenvalue weighted by Gasteiger charge is 2.07. The van der Waals surface area contributed by atoms with Crippen LogP contribution in [0.4, 0.5) is 4.39 Å². The zero-order valence-electron chi connectivity index (χ0n) is 7.83. The van der Waals surface area contributed by atoms with Gasteiger partial charge < -0.3 is 0 Å². The van der Waals surface area contributed by atoms with Crippen LogP contribution < -0.4 is 0 Å². The van der Waals surface area contributed by atoms with Crippen LogP contribution in [0.1, 0.15) is 11.9 Å². The second kappa shape index (κ2) is 3.88. The van der Waals surface area contributed by atoms with Gasteiger partial charge in [-0.05, 0) is 18.6 Å². The van der Waals surface area contributed by atoms with E-state index in [4.69, 9.17) is 0 Å². The van der Waals surface area contributed by atoms with E-state index in [9.17, 15) is 4.39 Å². The number of halogens is 1. The first-order valence-electron chi connectivity index (χ1n) is 4.50. The van der Waals surface area contributed by atoms with Gasteiger partial charge in [-0.15, -0.1) is 11.3 Å². The van der Waals surface area contributed by atoms with Crippen molar-refractivity contribution in [1.29, 1.82) is 0 Å². The molecule has 1 nitrogen and oxygen atoms in total. The van der Waals surface area contributed by atoms with E-state index in [1.807, 2.05) is 18.4 Å². The summed E-state index contributed by atoms with van der Waals surface area (Å²) < 4.78 is 13.4. The summed E-state index contributed by atoms with van der Waals surface area (Å²) in [5.74, 6) is -0.208. The molecule has 0 aliphatic carbocycles. The molecule has 0 saturated carbocycles. The summed E-state index contributed by atoms with van der Waals surface area (Å²) in [6.45, 7) is 2.05. The van der Waals surface area contributed by atoms with Gasteiger partial charge in [0.15, 0.2) is 0 Å². The Hall–Kier alpha value is -1.22. The molecule has 0 fully saturated rings. The Kier molecular flexibility index (Phi) is 2.59. The molecule has 0 amide bonds. The quantitative estimate of drug-likeness (QED) is 0.734. The molecule has 0 bridgehead atoms. The fourth-order valence-corrected chi connectivity index (χ4v) is 2.01. The summed E-state index contributed by atoms with van der Waals surface area (Å²) in [5.41, 5.74) is 1.33. The van der Waals surface area contributed by atoms with E-state index in [1.165, 1.54) is 6.07 Å². The molecule has 0 aliphatic rings. The van der Waals surface area contributed by atoms with Crippen LogP contribution in [0.2, 0.25) is 0 Å². The van der Waals surface area contributed by atoms with Crippen molar-refractivity contribution in [2.45, 2.75) is 13.3 Å². The third-order valence-electron chi connectivity index (χ3n) is 2.00. The highest BCUT2D eigenvalue weighted by atomic mass is 32.1. The van der Waals surface area contributed by atoms with E-state index < -0.39 is 0 Å². The SMILES string of the molecule is CCc1nc(-c2ccccc2F)cs1. The van der Waals surface area contributed by atoms with Crippen LogP contribution >= 0.6 is 11.3 Å². The molecule has 0 aliphatic heterocycles. The Morgan fingerprint density at radius 1 is 1.36 bits per heavy atom. The molecular formula is C11H10FNS. The molecule has 0 radical (unpaired) electrons. The number of thiazole rings is 1. The molecule has 2 aromatic rings. The van der Waals surface area contributed by atoms with E-state index in [2.05, 4.69) is 4.98 Å². The van der Waals surface area contributed by atoms with Gasteiger partial charge in [-0.1, -0.05) is 19.1 Å². The summed E-state index contributed by atoms with van der Waals surface area (Å²) in [6.07, 6.45) is 0.902. The summed E-state index contributed by atoms with van der Waals surface area (Å²) in [4.78, 5) is 4.34. The minimum Gasteiger partial charge on any atom is -0.241 e. The molecule has 72 valence electrons. The van der Waals surface area contributed by atoms with Crippen LogP contribution in [0.5, 0.6) is 0 Å². The average Bonchev–Trinajstić information content (AvgIpc) is 2.67. The molecule has 1 aromatic carbocycles. The number of aromatic nitrogens is 1. The molecule has 3 heteroatoms. The first-order chi connectivity index (χ1) is 6.81. The first kappa shape index (κ1) is 9.34. The standard InChI is InChI=1S/C11H10FNS/c1-2-11-13-10(7-14-11)8-5-3-4-6-9(8)12/h3-7H,2H2,1H3. The monoisotopic (exact) mass is 207 g/mol. The third kappa shape index (κ3) is 1.68. The zero-order chi connectivity index (χ0) is 9.97. The van der Waals surface area contributed by atoms with Gasteiger partial charge in [-0.2, -0.15) is 0 Å². The van der Waals surface area contributed by atoms with Gasteiger partial charge in [0.2, 0.25) is 0 Å². The van der Waals surface area contributed by atoms with E-state index in [0.29, 0.717) is 5.56 Å². The lowest BCUT2D eigenvalue weighted by atomic mass is 10.2. The Bertz CT molecular complexity index is 436. The lowest BCUT2D eigenvalue weighted by Gasteiger charge is -1.97. The average molecular weight is 207 g/mol. The second-order valence-electron chi connectivity index (χ2n) is 2.96. The van der Waals surface area contributed by atoms with Crippen LogP contribution in [0.3, 0.4) is 0 Å². The molecule has 0 unspecified atom stereocenters. The van der Waals surface area contributed by atoms with Gasteiger partial charge in [0.25, 0.3) is 0 Å². The number of nitrogens with zero attached hydrogens (tertiary/aromatic N) is 1. The smallest absolute Gasteiger partial charge is 0.132 e. The fourth-order valence-electron chi connectivity index (χ4n) is 1.27. The summed E-state index contributed by atoms with van der Waals surface area (Å²) in [6, 6.07) is 6.72. The molecule has 14 heavy (non-hydrogen) atoms. The van der Waals surface area contributed by atoms with Crippen LogP contribution in [0.25, 0.3) is 11.3 Å². The Morgan fingerprint density at radius 3 is 2.79 bits per heavy atom. The van der Waals surface area contributed by atoms with E-state index in [1.54, 1.807) is 23.5 Å². The summed E-state index contributed by atoms with van der Waals surface area (Å²) in [5, 5.41) is 2.94. The summed E-state index contributed by atoms with van der Waals surface area (Å²) >= 11 is 1.58. The Labute approximate surface area is 86.2 Å². The second-order valence-corrected chi connectivity index (χ2v) is 3.90. The maximum Gasteiger partial charge on any atom is 0.132 e. The topological polar surface area (TPSA) is 12.9 Å². The van der Waals surface area contributed by atoms with Crippen molar-refractivity contribution in [3.8, 4) is 11.3 Å². The molecule has 2 rings (SSSR count). The maximum absolute atomic E-state index is 13.4. The Balaban J connectivity index is 2.44. The van der Waals surface area contributed by atoms with E-state index >= 15 is 0 Å². The first-order valence-corrected chi connectivity index (χ1v) is 5.38. The predicted octanol–water partition coefficient (Wildman–Crippen LogP) is 3.51. The van der Waals surface area contributed by atoms with Crippen molar-refractivity contribution in [3.05, 3.63) is 40.5 Å². The van der Waals surface area contributed by atoms with Crippen molar-refractivity contribution in [2.75, 3.05) is 0 Å². The Morgan fingerprint density at radius 2 is 2.14 bits per heavy atom. The molecular weight excluding hydrogens is 197 g/mol. The highest BCUT2D eigenvalue weighted by molar-refractivity contribution is 7.09. The van der Waals surface area contributed by atoms with Crippen molar-refractivity contribution in [2.24, 2.45) is 0 Å². The predicted molar refractivity (Wildman–Crippen MR) is 56.9 cm³/mol. The number of hydrogen-bond donors (Lipinski definition) is 0. The lowest BCUT2D eigenvalue weighted by molar-refractivity contribution is 0.631. The van der Waals surface area contributed by atoms with Crippen LogP contribution in [-0.2, 0) is 6.42 Å². The van der Waals surface area contributed by atoms with Crippen LogP contribution in [0.15, 0.2) is 29.6 Å². The van der Waals surface area contributed by atoms with Crippen molar-refractivity contribution in [3.63, 3.8) is 0 Å². The van der Waals surface area contributed by atoms with Gasteiger partial charge >= 0.3 is 0 Å². The number of aryl methyl sites for hydroxylation is 1. The largest absolute Gasteiger partial charge is 0.241 e. The molecule has 0 saturated heterocycles. The van der Waals surface area contributed by atoms with Gasteiger partial charge in [-0.3, -0.25) is 0 Å². The molecule has 0 atom stereocenters. The number of rotatable bonds is 2. The minimum atomic E-state index is -0.208. The molecule has 1 heterocycles. The van der Waals surface area contributed by atoms with Crippen molar-refractivity contribution < 1.29 is 4.39 Å². The van der Waals surface area contributed by atoms with Crippen LogP contribution in [-0.4, -0.2) is 4.98 Å². The molecule has 1 aromatic heterocycles. The van der Waals surface area contributed by atoms with Crippen LogP contribution in [0, 0.1) is 5.82 Å². The van der Waals surface area contributed by atoms with Crippen molar-refractivity contribution >= 4 is 11.3 Å². The number of hydrogen-bond acceptors (Lipinski definition) is 2.